The second kappa shape index (κ2) is 6.77. The summed E-state index contributed by atoms with van der Waals surface area (Å²) in [6.07, 6.45) is 4.24. The highest BCUT2D eigenvalue weighted by Crippen LogP contribution is 2.37. The summed E-state index contributed by atoms with van der Waals surface area (Å²) < 4.78 is 1.15. The molecule has 16 heavy (non-hydrogen) atoms. The molecule has 1 heterocycles. The number of thiophene rings is 1. The van der Waals surface area contributed by atoms with Gasteiger partial charge in [0.25, 0.3) is 0 Å². The Labute approximate surface area is 111 Å². The number of hydrogen-bond acceptors (Lipinski definition) is 2. The monoisotopic (exact) mass is 304 g/mol. The van der Waals surface area contributed by atoms with E-state index in [1.165, 1.54) is 5.56 Å². The zero-order chi connectivity index (χ0) is 12.1. The van der Waals surface area contributed by atoms with Crippen LogP contribution < -0.4 is 0 Å². The molecule has 1 rings (SSSR count). The summed E-state index contributed by atoms with van der Waals surface area (Å²) >= 11 is 5.19. The molecule has 1 nitrogen and oxygen atoms in total. The van der Waals surface area contributed by atoms with Crippen LogP contribution in [0.2, 0.25) is 0 Å². The smallest absolute Gasteiger partial charge is 0.0910 e. The van der Waals surface area contributed by atoms with Gasteiger partial charge < -0.3 is 5.11 Å². The first-order chi connectivity index (χ1) is 7.60. The molecular weight excluding hydrogens is 284 g/mol. The maximum atomic E-state index is 10.4. The quantitative estimate of drug-likeness (QED) is 0.778. The molecule has 0 bridgehead atoms. The lowest BCUT2D eigenvalue weighted by molar-refractivity contribution is 0.0997. The Morgan fingerprint density at radius 1 is 1.31 bits per heavy atom. The lowest BCUT2D eigenvalue weighted by Gasteiger charge is -2.20. The van der Waals surface area contributed by atoms with Crippen LogP contribution in [0.3, 0.4) is 0 Å². The highest BCUT2D eigenvalue weighted by Gasteiger charge is 2.21. The van der Waals surface area contributed by atoms with Crippen LogP contribution in [0.15, 0.2) is 9.85 Å². The van der Waals surface area contributed by atoms with E-state index in [1.54, 1.807) is 11.3 Å². The zero-order valence-electron chi connectivity index (χ0n) is 10.3. The Kier molecular flexibility index (Phi) is 6.01. The van der Waals surface area contributed by atoms with Gasteiger partial charge in [0.15, 0.2) is 0 Å². The fraction of sp³-hybridized carbons (Fsp3) is 0.692. The second-order valence-corrected chi connectivity index (χ2v) is 6.79. The second-order valence-electron chi connectivity index (χ2n) is 4.39. The average Bonchev–Trinajstić information content (AvgIpc) is 2.58. The van der Waals surface area contributed by atoms with E-state index in [2.05, 4.69) is 42.8 Å². The van der Waals surface area contributed by atoms with Gasteiger partial charge in [-0.05, 0) is 53.2 Å². The SMILES string of the molecule is CCCC(CCC)C(O)c1cc(C)c(Br)s1. The molecule has 0 aliphatic heterocycles. The van der Waals surface area contributed by atoms with Gasteiger partial charge in [-0.15, -0.1) is 11.3 Å². The fourth-order valence-electron chi connectivity index (χ4n) is 2.06. The maximum absolute atomic E-state index is 10.4. The first-order valence-corrected chi connectivity index (χ1v) is 7.64. The minimum absolute atomic E-state index is 0.283. The Morgan fingerprint density at radius 2 is 1.88 bits per heavy atom. The van der Waals surface area contributed by atoms with E-state index in [0.29, 0.717) is 5.92 Å². The van der Waals surface area contributed by atoms with Crippen molar-refractivity contribution in [2.75, 3.05) is 0 Å². The van der Waals surface area contributed by atoms with Gasteiger partial charge in [-0.2, -0.15) is 0 Å². The molecule has 92 valence electrons. The standard InChI is InChI=1S/C13H21BrOS/c1-4-6-10(7-5-2)12(15)11-8-9(3)13(14)16-11/h8,10,12,15H,4-7H2,1-3H3. The van der Waals surface area contributed by atoms with Crippen molar-refractivity contribution in [1.29, 1.82) is 0 Å². The molecular formula is C13H21BrOS. The van der Waals surface area contributed by atoms with Gasteiger partial charge in [-0.25, -0.2) is 0 Å². The molecule has 0 aliphatic carbocycles. The van der Waals surface area contributed by atoms with Crippen molar-refractivity contribution in [2.24, 2.45) is 5.92 Å². The third kappa shape index (κ3) is 3.57. The van der Waals surface area contributed by atoms with Crippen LogP contribution in [-0.2, 0) is 0 Å². The number of aliphatic hydroxyl groups is 1. The molecule has 0 saturated heterocycles. The van der Waals surface area contributed by atoms with E-state index < -0.39 is 0 Å². The van der Waals surface area contributed by atoms with Crippen molar-refractivity contribution < 1.29 is 5.11 Å². The molecule has 1 aromatic heterocycles. The summed E-state index contributed by atoms with van der Waals surface area (Å²) in [5, 5.41) is 10.4. The van der Waals surface area contributed by atoms with Crippen LogP contribution >= 0.6 is 27.3 Å². The van der Waals surface area contributed by atoms with Gasteiger partial charge in [-0.3, -0.25) is 0 Å². The van der Waals surface area contributed by atoms with Gasteiger partial charge in [0.05, 0.1) is 9.89 Å². The van der Waals surface area contributed by atoms with Gasteiger partial charge in [0.2, 0.25) is 0 Å². The predicted molar refractivity (Wildman–Crippen MR) is 75.0 cm³/mol. The zero-order valence-corrected chi connectivity index (χ0v) is 12.7. The first-order valence-electron chi connectivity index (χ1n) is 6.04. The van der Waals surface area contributed by atoms with Crippen LogP contribution in [0.1, 0.15) is 56.1 Å². The summed E-state index contributed by atoms with van der Waals surface area (Å²) in [5.41, 5.74) is 1.23. The highest BCUT2D eigenvalue weighted by molar-refractivity contribution is 9.11. The van der Waals surface area contributed by atoms with Crippen molar-refractivity contribution >= 4 is 27.3 Å². The molecule has 0 fully saturated rings. The van der Waals surface area contributed by atoms with Crippen LogP contribution in [0.4, 0.5) is 0 Å². The van der Waals surface area contributed by atoms with Crippen LogP contribution in [0.25, 0.3) is 0 Å². The van der Waals surface area contributed by atoms with Gasteiger partial charge >= 0.3 is 0 Å². The summed E-state index contributed by atoms with van der Waals surface area (Å²) in [4.78, 5) is 1.11. The Bertz CT molecular complexity index is 296. The lowest BCUT2D eigenvalue weighted by Crippen LogP contribution is -2.11. The molecule has 3 heteroatoms. The fourth-order valence-corrected chi connectivity index (χ4v) is 3.71. The first kappa shape index (κ1) is 14.2. The Hall–Kier alpha value is 0.140. The molecule has 1 N–H and O–H groups in total. The minimum Gasteiger partial charge on any atom is -0.387 e. The molecule has 1 aromatic rings. The Morgan fingerprint density at radius 3 is 2.25 bits per heavy atom. The van der Waals surface area contributed by atoms with E-state index in [1.807, 2.05) is 0 Å². The van der Waals surface area contributed by atoms with Crippen molar-refractivity contribution in [1.82, 2.24) is 0 Å². The molecule has 1 atom stereocenters. The number of hydrogen-bond donors (Lipinski definition) is 1. The van der Waals surface area contributed by atoms with E-state index in [-0.39, 0.29) is 6.10 Å². The number of halogens is 1. The van der Waals surface area contributed by atoms with E-state index in [9.17, 15) is 5.11 Å². The summed E-state index contributed by atoms with van der Waals surface area (Å²) in [7, 11) is 0. The largest absolute Gasteiger partial charge is 0.387 e. The van der Waals surface area contributed by atoms with Crippen LogP contribution in [0.5, 0.6) is 0 Å². The summed E-state index contributed by atoms with van der Waals surface area (Å²) in [6.45, 7) is 6.45. The molecule has 0 aromatic carbocycles. The molecule has 0 saturated carbocycles. The van der Waals surface area contributed by atoms with Gasteiger partial charge in [0, 0.05) is 4.88 Å². The Balaban J connectivity index is 2.76. The number of rotatable bonds is 6. The van der Waals surface area contributed by atoms with Crippen LogP contribution in [-0.4, -0.2) is 5.11 Å². The summed E-state index contributed by atoms with van der Waals surface area (Å²) in [6, 6.07) is 2.11. The van der Waals surface area contributed by atoms with E-state index >= 15 is 0 Å². The van der Waals surface area contributed by atoms with E-state index in [4.69, 9.17) is 0 Å². The van der Waals surface area contributed by atoms with Crippen molar-refractivity contribution in [3.8, 4) is 0 Å². The maximum Gasteiger partial charge on any atom is 0.0910 e. The minimum atomic E-state index is -0.283. The molecule has 0 radical (unpaired) electrons. The molecule has 0 aliphatic rings. The van der Waals surface area contributed by atoms with Gasteiger partial charge in [0.1, 0.15) is 0 Å². The third-order valence-corrected chi connectivity index (χ3v) is 5.14. The summed E-state index contributed by atoms with van der Waals surface area (Å²) in [5.74, 6) is 0.417. The average molecular weight is 305 g/mol. The van der Waals surface area contributed by atoms with Crippen molar-refractivity contribution in [3.63, 3.8) is 0 Å². The van der Waals surface area contributed by atoms with Crippen molar-refractivity contribution in [2.45, 2.75) is 52.6 Å². The highest BCUT2D eigenvalue weighted by atomic mass is 79.9. The molecule has 0 spiro atoms. The normalized spacial score (nSPS) is 13.4. The van der Waals surface area contributed by atoms with Gasteiger partial charge in [-0.1, -0.05) is 26.7 Å². The van der Waals surface area contributed by atoms with Crippen LogP contribution in [0, 0.1) is 12.8 Å². The molecule has 0 amide bonds. The van der Waals surface area contributed by atoms with Crippen molar-refractivity contribution in [3.05, 3.63) is 20.3 Å². The third-order valence-electron chi connectivity index (χ3n) is 2.93. The topological polar surface area (TPSA) is 20.2 Å². The predicted octanol–water partition coefficient (Wildman–Crippen LogP) is 5.07. The lowest BCUT2D eigenvalue weighted by atomic mass is 9.91. The number of aryl methyl sites for hydroxylation is 1. The number of aliphatic hydroxyl groups excluding tert-OH is 1. The van der Waals surface area contributed by atoms with E-state index in [0.717, 1.165) is 34.3 Å². The molecule has 1 unspecified atom stereocenters.